The van der Waals surface area contributed by atoms with Crippen LogP contribution in [0.3, 0.4) is 0 Å². The monoisotopic (exact) mass is 336 g/mol. The number of benzene rings is 1. The fourth-order valence-electron chi connectivity index (χ4n) is 2.16. The van der Waals surface area contributed by atoms with E-state index in [-0.39, 0.29) is 18.4 Å². The average molecular weight is 336 g/mol. The van der Waals surface area contributed by atoms with Crippen LogP contribution in [0, 0.1) is 0 Å². The minimum absolute atomic E-state index is 0.137. The standard InChI is InChI=1S/C18H28N2O4/c1-18(2,3)24-17(22)19-15(11-12-16(21)20(4)23-5)13-14-9-7-6-8-10-14/h6-10,15H,11-13H2,1-5H3,(H,19,22). The van der Waals surface area contributed by atoms with Crippen molar-refractivity contribution in [3.8, 4) is 0 Å². The van der Waals surface area contributed by atoms with E-state index in [4.69, 9.17) is 9.57 Å². The molecule has 6 nitrogen and oxygen atoms in total. The van der Waals surface area contributed by atoms with Gasteiger partial charge in [0.15, 0.2) is 0 Å². The van der Waals surface area contributed by atoms with Gasteiger partial charge in [0.25, 0.3) is 0 Å². The van der Waals surface area contributed by atoms with Gasteiger partial charge in [-0.3, -0.25) is 9.63 Å². The molecule has 6 heteroatoms. The van der Waals surface area contributed by atoms with Crippen LogP contribution in [-0.4, -0.2) is 42.9 Å². The molecule has 0 aliphatic rings. The van der Waals surface area contributed by atoms with E-state index in [9.17, 15) is 9.59 Å². The van der Waals surface area contributed by atoms with Crippen molar-refractivity contribution in [1.29, 1.82) is 0 Å². The van der Waals surface area contributed by atoms with E-state index in [1.54, 1.807) is 7.05 Å². The Kier molecular flexibility index (Phi) is 7.71. The highest BCUT2D eigenvalue weighted by Gasteiger charge is 2.21. The van der Waals surface area contributed by atoms with Gasteiger partial charge < -0.3 is 10.1 Å². The second kappa shape index (κ2) is 9.27. The van der Waals surface area contributed by atoms with Gasteiger partial charge in [0, 0.05) is 19.5 Å². The van der Waals surface area contributed by atoms with Crippen molar-refractivity contribution in [3.05, 3.63) is 35.9 Å². The number of amides is 2. The lowest BCUT2D eigenvalue weighted by Crippen LogP contribution is -2.41. The zero-order chi connectivity index (χ0) is 18.2. The quantitative estimate of drug-likeness (QED) is 0.778. The summed E-state index contributed by atoms with van der Waals surface area (Å²) in [6.45, 7) is 5.45. The first kappa shape index (κ1) is 20.0. The molecule has 1 aromatic carbocycles. The molecule has 0 aromatic heterocycles. The van der Waals surface area contributed by atoms with Gasteiger partial charge in [-0.05, 0) is 39.2 Å². The number of hydroxylamine groups is 2. The molecular formula is C18H28N2O4. The van der Waals surface area contributed by atoms with Gasteiger partial charge in [-0.25, -0.2) is 9.86 Å². The molecule has 0 aliphatic carbocycles. The first-order chi connectivity index (χ1) is 11.2. The Morgan fingerprint density at radius 3 is 2.38 bits per heavy atom. The predicted octanol–water partition coefficient (Wildman–Crippen LogP) is 2.92. The predicted molar refractivity (Wildman–Crippen MR) is 92.3 cm³/mol. The third kappa shape index (κ3) is 7.97. The molecule has 0 fully saturated rings. The van der Waals surface area contributed by atoms with Crippen LogP contribution in [0.5, 0.6) is 0 Å². The molecule has 1 N–H and O–H groups in total. The Bertz CT molecular complexity index is 526. The van der Waals surface area contributed by atoms with Gasteiger partial charge >= 0.3 is 6.09 Å². The summed E-state index contributed by atoms with van der Waals surface area (Å²) in [6.07, 6.45) is 0.929. The van der Waals surface area contributed by atoms with Crippen LogP contribution in [-0.2, 0) is 20.8 Å². The van der Waals surface area contributed by atoms with Gasteiger partial charge in [0.2, 0.25) is 5.91 Å². The number of hydrogen-bond acceptors (Lipinski definition) is 4. The number of alkyl carbamates (subject to hydrolysis) is 1. The van der Waals surface area contributed by atoms with Crippen molar-refractivity contribution in [2.24, 2.45) is 0 Å². The van der Waals surface area contributed by atoms with Gasteiger partial charge in [0.05, 0.1) is 7.11 Å². The van der Waals surface area contributed by atoms with Gasteiger partial charge in [-0.1, -0.05) is 30.3 Å². The van der Waals surface area contributed by atoms with Crippen molar-refractivity contribution >= 4 is 12.0 Å². The zero-order valence-corrected chi connectivity index (χ0v) is 15.2. The van der Waals surface area contributed by atoms with E-state index in [1.807, 2.05) is 51.1 Å². The molecule has 0 aliphatic heterocycles. The Morgan fingerprint density at radius 2 is 1.83 bits per heavy atom. The summed E-state index contributed by atoms with van der Waals surface area (Å²) in [7, 11) is 3.01. The average Bonchev–Trinajstić information content (AvgIpc) is 2.50. The Labute approximate surface area is 144 Å². The van der Waals surface area contributed by atoms with Crippen molar-refractivity contribution in [3.63, 3.8) is 0 Å². The fraction of sp³-hybridized carbons (Fsp3) is 0.556. The van der Waals surface area contributed by atoms with Crippen molar-refractivity contribution in [2.45, 2.75) is 51.7 Å². The number of carbonyl (C=O) groups is 2. The molecule has 0 saturated carbocycles. The van der Waals surface area contributed by atoms with E-state index < -0.39 is 11.7 Å². The largest absolute Gasteiger partial charge is 0.444 e. The van der Waals surface area contributed by atoms with Crippen LogP contribution >= 0.6 is 0 Å². The number of ether oxygens (including phenoxy) is 1. The molecule has 2 amide bonds. The Hall–Kier alpha value is -2.08. The van der Waals surface area contributed by atoms with Crippen molar-refractivity contribution in [2.75, 3.05) is 14.2 Å². The summed E-state index contributed by atoms with van der Waals surface area (Å²) < 4.78 is 5.31. The highest BCUT2D eigenvalue weighted by Crippen LogP contribution is 2.11. The van der Waals surface area contributed by atoms with E-state index in [0.717, 1.165) is 5.56 Å². The number of hydrogen-bond donors (Lipinski definition) is 1. The number of carbonyl (C=O) groups excluding carboxylic acids is 2. The SMILES string of the molecule is CON(C)C(=O)CCC(Cc1ccccc1)NC(=O)OC(C)(C)C. The van der Waals surface area contributed by atoms with E-state index >= 15 is 0 Å². The highest BCUT2D eigenvalue weighted by atomic mass is 16.7. The maximum Gasteiger partial charge on any atom is 0.407 e. The molecule has 0 radical (unpaired) electrons. The second-order valence-corrected chi connectivity index (χ2v) is 6.65. The molecule has 134 valence electrons. The van der Waals surface area contributed by atoms with E-state index in [0.29, 0.717) is 12.8 Å². The van der Waals surface area contributed by atoms with Crippen LogP contribution in [0.4, 0.5) is 4.79 Å². The zero-order valence-electron chi connectivity index (χ0n) is 15.2. The Morgan fingerprint density at radius 1 is 1.21 bits per heavy atom. The lowest BCUT2D eigenvalue weighted by Gasteiger charge is -2.24. The molecule has 0 spiro atoms. The number of nitrogens with zero attached hydrogens (tertiary/aromatic N) is 1. The van der Waals surface area contributed by atoms with Crippen molar-refractivity contribution in [1.82, 2.24) is 10.4 Å². The smallest absolute Gasteiger partial charge is 0.407 e. The maximum absolute atomic E-state index is 12.0. The lowest BCUT2D eigenvalue weighted by molar-refractivity contribution is -0.168. The van der Waals surface area contributed by atoms with Crippen molar-refractivity contribution < 1.29 is 19.2 Å². The molecule has 0 saturated heterocycles. The van der Waals surface area contributed by atoms with Crippen LogP contribution < -0.4 is 5.32 Å². The highest BCUT2D eigenvalue weighted by molar-refractivity contribution is 5.75. The number of rotatable bonds is 7. The van der Waals surface area contributed by atoms with Crippen LogP contribution in [0.1, 0.15) is 39.2 Å². The third-order valence-electron chi connectivity index (χ3n) is 3.38. The summed E-state index contributed by atoms with van der Waals surface area (Å²) in [5.41, 5.74) is 0.527. The topological polar surface area (TPSA) is 67.9 Å². The second-order valence-electron chi connectivity index (χ2n) is 6.65. The summed E-state index contributed by atoms with van der Waals surface area (Å²) in [5.74, 6) is -0.137. The lowest BCUT2D eigenvalue weighted by atomic mass is 10.0. The first-order valence-corrected chi connectivity index (χ1v) is 8.05. The van der Waals surface area contributed by atoms with E-state index in [2.05, 4.69) is 5.32 Å². The molecular weight excluding hydrogens is 308 g/mol. The van der Waals surface area contributed by atoms with Gasteiger partial charge in [-0.15, -0.1) is 0 Å². The van der Waals surface area contributed by atoms with Crippen LogP contribution in [0.25, 0.3) is 0 Å². The Balaban J connectivity index is 2.68. The first-order valence-electron chi connectivity index (χ1n) is 8.05. The molecule has 1 rings (SSSR count). The minimum Gasteiger partial charge on any atom is -0.444 e. The molecule has 1 aromatic rings. The fourth-order valence-corrected chi connectivity index (χ4v) is 2.16. The molecule has 24 heavy (non-hydrogen) atoms. The third-order valence-corrected chi connectivity index (χ3v) is 3.38. The van der Waals surface area contributed by atoms with Crippen LogP contribution in [0.2, 0.25) is 0 Å². The summed E-state index contributed by atoms with van der Waals surface area (Å²) in [5, 5.41) is 4.05. The van der Waals surface area contributed by atoms with Gasteiger partial charge in [-0.2, -0.15) is 0 Å². The molecule has 0 heterocycles. The van der Waals surface area contributed by atoms with E-state index in [1.165, 1.54) is 12.2 Å². The van der Waals surface area contributed by atoms with Gasteiger partial charge in [0.1, 0.15) is 5.60 Å². The van der Waals surface area contributed by atoms with Crippen LogP contribution in [0.15, 0.2) is 30.3 Å². The molecule has 1 unspecified atom stereocenters. The minimum atomic E-state index is -0.562. The molecule has 0 bridgehead atoms. The summed E-state index contributed by atoms with van der Waals surface area (Å²) >= 11 is 0. The normalized spacial score (nSPS) is 12.4. The number of nitrogens with one attached hydrogen (secondary N) is 1. The molecule has 1 atom stereocenters. The summed E-state index contributed by atoms with van der Waals surface area (Å²) in [6, 6.07) is 9.63. The maximum atomic E-state index is 12.0. The summed E-state index contributed by atoms with van der Waals surface area (Å²) in [4.78, 5) is 28.8.